The second kappa shape index (κ2) is 164. The van der Waals surface area contributed by atoms with Crippen LogP contribution in [0.25, 0.3) is 0 Å². The Balaban J connectivity index is 0. The molecule has 0 aliphatic heterocycles. The molecular formula is Cl2O5Sb4. The molecule has 0 amide bonds. The van der Waals surface area contributed by atoms with Crippen molar-refractivity contribution >= 4 is 97.7 Å². The van der Waals surface area contributed by atoms with Crippen LogP contribution in [-0.4, -0.2) is 97.7 Å². The molecule has 0 aliphatic rings. The molecule has 0 aromatic rings. The van der Waals surface area contributed by atoms with Crippen molar-refractivity contribution in [1.29, 1.82) is 0 Å². The Morgan fingerprint density at radius 2 is 0.273 bits per heavy atom. The van der Waals surface area contributed by atoms with Gasteiger partial charge in [0.2, 0.25) is 0 Å². The quantitative estimate of drug-likeness (QED) is 0.233. The largest absolute Gasteiger partial charge is 3.00 e. The summed E-state index contributed by atoms with van der Waals surface area (Å²) in [5.74, 6) is 0. The molecule has 0 unspecified atom stereocenters. The van der Waals surface area contributed by atoms with Gasteiger partial charge >= 0.3 is 97.7 Å². The van der Waals surface area contributed by atoms with Gasteiger partial charge in [-0.1, -0.05) is 0 Å². The predicted octanol–water partition coefficient (Wildman–Crippen LogP) is -8.11. The maximum absolute atomic E-state index is 0. The molecule has 0 bridgehead atoms. The third-order valence-electron chi connectivity index (χ3n) is 0. The maximum atomic E-state index is 0. The summed E-state index contributed by atoms with van der Waals surface area (Å²) in [7, 11) is 0. The Kier molecular flexibility index (Phi) is 3050. The summed E-state index contributed by atoms with van der Waals surface area (Å²) in [6.07, 6.45) is 0. The molecule has 11 heavy (non-hydrogen) atoms. The van der Waals surface area contributed by atoms with Crippen LogP contribution >= 0.6 is 0 Å². The monoisotopic (exact) mass is 634 g/mol. The first-order chi connectivity index (χ1) is 0. The fourth-order valence-corrected chi connectivity index (χ4v) is 0. The summed E-state index contributed by atoms with van der Waals surface area (Å²) in [5, 5.41) is 0. The van der Waals surface area contributed by atoms with Crippen LogP contribution in [0.5, 0.6) is 0 Å². The molecule has 64 valence electrons. The minimum atomic E-state index is 0. The van der Waals surface area contributed by atoms with Gasteiger partial charge in [0.25, 0.3) is 0 Å². The molecule has 0 rings (SSSR count). The van der Waals surface area contributed by atoms with Gasteiger partial charge < -0.3 is 52.2 Å². The van der Waals surface area contributed by atoms with E-state index in [1.807, 2.05) is 0 Å². The van der Waals surface area contributed by atoms with E-state index in [-0.39, 0.29) is 150 Å². The van der Waals surface area contributed by atoms with Gasteiger partial charge in [-0.3, -0.25) is 0 Å². The Morgan fingerprint density at radius 1 is 0.273 bits per heavy atom. The number of hydrogen-bond donors (Lipinski definition) is 0. The fourth-order valence-electron chi connectivity index (χ4n) is 0. The average Bonchev–Trinajstić information content (AvgIpc) is 0. The second-order valence-corrected chi connectivity index (χ2v) is 0. The molecule has 0 aliphatic carbocycles. The van der Waals surface area contributed by atoms with Gasteiger partial charge in [-0.25, -0.2) is 0 Å². The molecule has 8 radical (unpaired) electrons. The van der Waals surface area contributed by atoms with Crippen LogP contribution in [0.15, 0.2) is 0 Å². The maximum Gasteiger partial charge on any atom is 3.00 e. The fraction of sp³-hybridized carbons (Fsp3) is 0. The third-order valence-corrected chi connectivity index (χ3v) is 0. The van der Waals surface area contributed by atoms with Crippen molar-refractivity contribution in [3.63, 3.8) is 0 Å². The van der Waals surface area contributed by atoms with E-state index in [2.05, 4.69) is 0 Å². The molecule has 0 N–H and O–H groups in total. The first-order valence-corrected chi connectivity index (χ1v) is 0. The molecule has 0 saturated carbocycles. The summed E-state index contributed by atoms with van der Waals surface area (Å²) in [4.78, 5) is 0. The first-order valence-electron chi connectivity index (χ1n) is 0. The predicted molar refractivity (Wildman–Crippen MR) is 26.4 cm³/mol. The Hall–Kier alpha value is 3.65. The van der Waals surface area contributed by atoms with Gasteiger partial charge in [-0.2, -0.15) is 0 Å². The van der Waals surface area contributed by atoms with E-state index in [4.69, 9.17) is 0 Å². The van der Waals surface area contributed by atoms with Crippen LogP contribution < -0.4 is 24.8 Å². The van der Waals surface area contributed by atoms with Crippen LogP contribution in [0.3, 0.4) is 0 Å². The molecule has 0 saturated heterocycles. The number of rotatable bonds is 0. The zero-order valence-corrected chi connectivity index (χ0v) is 16.3. The van der Waals surface area contributed by atoms with Crippen LogP contribution in [0.4, 0.5) is 0 Å². The van der Waals surface area contributed by atoms with Gasteiger partial charge in [0.1, 0.15) is 0 Å². The summed E-state index contributed by atoms with van der Waals surface area (Å²) in [6, 6.07) is 0. The summed E-state index contributed by atoms with van der Waals surface area (Å²) >= 11 is 0. The Morgan fingerprint density at radius 3 is 0.273 bits per heavy atom. The van der Waals surface area contributed by atoms with Gasteiger partial charge in [0, 0.05) is 0 Å². The molecule has 5 nitrogen and oxygen atoms in total. The van der Waals surface area contributed by atoms with E-state index in [0.29, 0.717) is 0 Å². The summed E-state index contributed by atoms with van der Waals surface area (Å²) < 4.78 is 0. The number of hydrogen-bond acceptors (Lipinski definition) is 0. The van der Waals surface area contributed by atoms with E-state index >= 15 is 0 Å². The number of halogens is 2. The van der Waals surface area contributed by atoms with Crippen LogP contribution in [0, 0.1) is 0 Å². The second-order valence-electron chi connectivity index (χ2n) is 0. The summed E-state index contributed by atoms with van der Waals surface area (Å²) in [5.41, 5.74) is 0. The van der Waals surface area contributed by atoms with Crippen molar-refractivity contribution in [2.24, 2.45) is 0 Å². The first kappa shape index (κ1) is 205. The van der Waals surface area contributed by atoms with E-state index in [9.17, 15) is 0 Å². The zero-order chi connectivity index (χ0) is 0. The molecule has 11 heteroatoms. The standard InChI is InChI=1S/2ClH.5O.4Sb/h2*1H;;;;;;;;;/q;;5*-2;4*+3/p-2. The smallest absolute Gasteiger partial charge is 2.00 e. The van der Waals surface area contributed by atoms with Gasteiger partial charge in [-0.15, -0.1) is 0 Å². The molecule has 0 aromatic heterocycles. The molecule has 0 fully saturated rings. The topological polar surface area (TPSA) is 142 Å². The van der Waals surface area contributed by atoms with Crippen molar-refractivity contribution in [3.8, 4) is 0 Å². The van der Waals surface area contributed by atoms with Crippen molar-refractivity contribution in [2.45, 2.75) is 0 Å². The minimum absolute atomic E-state index is 0. The van der Waals surface area contributed by atoms with Gasteiger partial charge in [-0.05, 0) is 0 Å². The van der Waals surface area contributed by atoms with Gasteiger partial charge in [0.05, 0.1) is 0 Å². The van der Waals surface area contributed by atoms with E-state index in [1.54, 1.807) is 0 Å². The van der Waals surface area contributed by atoms with Crippen LogP contribution in [0.2, 0.25) is 0 Å². The van der Waals surface area contributed by atoms with Crippen molar-refractivity contribution < 1.29 is 52.2 Å². The van der Waals surface area contributed by atoms with Gasteiger partial charge in [0.15, 0.2) is 0 Å². The SMILES string of the molecule is [Cl-].[Cl-].[O-2].[O-2].[O-2].[O-2].[O-2].[Sb+3].[Sb+3].[Sb+3].[Sb+3]. The molecule has 0 heterocycles. The van der Waals surface area contributed by atoms with Crippen molar-refractivity contribution in [2.75, 3.05) is 0 Å². The third kappa shape index (κ3) is 139. The van der Waals surface area contributed by atoms with E-state index < -0.39 is 0 Å². The van der Waals surface area contributed by atoms with Crippen molar-refractivity contribution in [3.05, 3.63) is 0 Å². The van der Waals surface area contributed by atoms with Crippen molar-refractivity contribution in [1.82, 2.24) is 0 Å². The van der Waals surface area contributed by atoms with E-state index in [1.165, 1.54) is 0 Å². The summed E-state index contributed by atoms with van der Waals surface area (Å²) in [6.45, 7) is 0. The van der Waals surface area contributed by atoms with E-state index in [0.717, 1.165) is 0 Å². The Bertz CT molecular complexity index is 16.4. The van der Waals surface area contributed by atoms with Crippen LogP contribution in [0.1, 0.15) is 0 Å². The minimum Gasteiger partial charge on any atom is -2.00 e. The average molecular weight is 638 g/mol. The molecule has 0 atom stereocenters. The molecule has 0 spiro atoms. The molecular weight excluding hydrogens is 638 g/mol. The normalized spacial score (nSPS) is 0. The molecule has 0 aromatic carbocycles. The Labute approximate surface area is 147 Å². The van der Waals surface area contributed by atoms with Crippen LogP contribution in [-0.2, 0) is 27.4 Å². The zero-order valence-electron chi connectivity index (χ0n) is 4.59.